The lowest BCUT2D eigenvalue weighted by Crippen LogP contribution is -2.33. The van der Waals surface area contributed by atoms with Gasteiger partial charge in [-0.15, -0.1) is 0 Å². The minimum absolute atomic E-state index is 0.151. The van der Waals surface area contributed by atoms with Gasteiger partial charge in [-0.3, -0.25) is 24.3 Å². The fraction of sp³-hybridized carbons (Fsp3) is 0.240. The van der Waals surface area contributed by atoms with E-state index in [4.69, 9.17) is 9.47 Å². The largest absolute Gasteiger partial charge is 0.486 e. The lowest BCUT2D eigenvalue weighted by molar-refractivity contribution is -0.384. The molecule has 0 fully saturated rings. The normalized spacial score (nSPS) is 14.7. The molecule has 0 radical (unpaired) electrons. The van der Waals surface area contributed by atoms with Gasteiger partial charge in [-0.1, -0.05) is 12.1 Å². The first kappa shape index (κ1) is 22.3. The number of hydrogen-bond donors (Lipinski definition) is 0. The Morgan fingerprint density at radius 1 is 1.17 bits per heavy atom. The summed E-state index contributed by atoms with van der Waals surface area (Å²) in [5.74, 6) is 1.17. The SMILES string of the molecule is Cc1cc(C(=O)Cn2cnc3cc([N+](=O)[O-])ccc3c2=O)c(C)n1CC1COc2ccccc2O1. The topological polar surface area (TPSA) is 118 Å². The van der Waals surface area contributed by atoms with Crippen LogP contribution in [0.15, 0.2) is 59.7 Å². The van der Waals surface area contributed by atoms with Crippen LogP contribution in [0.2, 0.25) is 0 Å². The molecule has 0 bridgehead atoms. The van der Waals surface area contributed by atoms with Gasteiger partial charge in [0, 0.05) is 29.1 Å². The fourth-order valence-corrected chi connectivity index (χ4v) is 4.33. The van der Waals surface area contributed by atoms with E-state index < -0.39 is 10.5 Å². The average Bonchev–Trinajstić information content (AvgIpc) is 3.14. The molecule has 0 amide bonds. The fourth-order valence-electron chi connectivity index (χ4n) is 4.33. The number of fused-ring (bicyclic) bond motifs is 2. The molecule has 1 atom stereocenters. The first-order valence-electron chi connectivity index (χ1n) is 11.0. The molecular weight excluding hydrogens is 452 g/mol. The van der Waals surface area contributed by atoms with Crippen molar-refractivity contribution in [3.8, 4) is 11.5 Å². The van der Waals surface area contributed by atoms with Gasteiger partial charge in [0.25, 0.3) is 11.2 Å². The summed E-state index contributed by atoms with van der Waals surface area (Å²) in [7, 11) is 0. The second kappa shape index (κ2) is 8.71. The number of ether oxygens (including phenoxy) is 2. The van der Waals surface area contributed by atoms with Crippen molar-refractivity contribution < 1.29 is 19.2 Å². The van der Waals surface area contributed by atoms with Gasteiger partial charge >= 0.3 is 0 Å². The van der Waals surface area contributed by atoms with Gasteiger partial charge < -0.3 is 14.0 Å². The summed E-state index contributed by atoms with van der Waals surface area (Å²) in [4.78, 5) is 40.6. The number of ketones is 1. The molecule has 1 unspecified atom stereocenters. The summed E-state index contributed by atoms with van der Waals surface area (Å²) in [6.07, 6.45) is 1.03. The predicted octanol–water partition coefficient (Wildman–Crippen LogP) is 3.45. The molecule has 2 aromatic carbocycles. The van der Waals surface area contributed by atoms with Crippen molar-refractivity contribution in [3.05, 3.63) is 92.3 Å². The van der Waals surface area contributed by atoms with E-state index >= 15 is 0 Å². The van der Waals surface area contributed by atoms with E-state index in [0.717, 1.165) is 11.4 Å². The van der Waals surface area contributed by atoms with Crippen molar-refractivity contribution in [1.82, 2.24) is 14.1 Å². The van der Waals surface area contributed by atoms with Crippen molar-refractivity contribution in [1.29, 1.82) is 0 Å². The van der Waals surface area contributed by atoms with E-state index in [-0.39, 0.29) is 35.0 Å². The number of non-ortho nitro benzene ring substituents is 1. The summed E-state index contributed by atoms with van der Waals surface area (Å²) in [6.45, 7) is 4.49. The standard InChI is InChI=1S/C25H22N4O6/c1-15-9-20(16(2)28(15)11-18-13-34-23-5-3-4-6-24(23)35-18)22(30)12-27-14-26-21-10-17(29(32)33)7-8-19(21)25(27)31/h3-10,14,18H,11-13H2,1-2H3. The van der Waals surface area contributed by atoms with Crippen LogP contribution in [0, 0.1) is 24.0 Å². The Balaban J connectivity index is 1.36. The second-order valence-electron chi connectivity index (χ2n) is 8.45. The Bertz CT molecular complexity index is 1540. The van der Waals surface area contributed by atoms with Crippen molar-refractivity contribution in [2.75, 3.05) is 6.61 Å². The Kier molecular flexibility index (Phi) is 5.56. The third-order valence-electron chi connectivity index (χ3n) is 6.16. The summed E-state index contributed by atoms with van der Waals surface area (Å²) in [6, 6.07) is 13.2. The van der Waals surface area contributed by atoms with Gasteiger partial charge in [0.2, 0.25) is 0 Å². The third-order valence-corrected chi connectivity index (χ3v) is 6.16. The van der Waals surface area contributed by atoms with Crippen LogP contribution in [-0.4, -0.2) is 37.5 Å². The molecule has 3 heterocycles. The smallest absolute Gasteiger partial charge is 0.271 e. The van der Waals surface area contributed by atoms with Crippen LogP contribution in [0.3, 0.4) is 0 Å². The molecule has 1 aliphatic heterocycles. The maximum atomic E-state index is 13.1. The maximum Gasteiger partial charge on any atom is 0.271 e. The quantitative estimate of drug-likeness (QED) is 0.239. The van der Waals surface area contributed by atoms with Crippen LogP contribution in [0.25, 0.3) is 10.9 Å². The van der Waals surface area contributed by atoms with Gasteiger partial charge in [-0.2, -0.15) is 0 Å². The molecule has 0 saturated carbocycles. The Morgan fingerprint density at radius 3 is 2.71 bits per heavy atom. The molecule has 4 aromatic rings. The van der Waals surface area contributed by atoms with Crippen LogP contribution in [0.1, 0.15) is 21.7 Å². The molecule has 2 aromatic heterocycles. The number of para-hydroxylation sites is 2. The minimum atomic E-state index is -0.546. The first-order chi connectivity index (χ1) is 16.8. The number of aromatic nitrogens is 3. The van der Waals surface area contributed by atoms with E-state index in [1.165, 1.54) is 29.1 Å². The highest BCUT2D eigenvalue weighted by Crippen LogP contribution is 2.31. The van der Waals surface area contributed by atoms with Gasteiger partial charge in [-0.05, 0) is 38.1 Å². The number of benzene rings is 2. The van der Waals surface area contributed by atoms with E-state index in [2.05, 4.69) is 4.98 Å². The Morgan fingerprint density at radius 2 is 1.94 bits per heavy atom. The third kappa shape index (κ3) is 4.14. The van der Waals surface area contributed by atoms with Crippen LogP contribution < -0.4 is 15.0 Å². The van der Waals surface area contributed by atoms with Crippen molar-refractivity contribution in [2.45, 2.75) is 33.0 Å². The monoisotopic (exact) mass is 474 g/mol. The van der Waals surface area contributed by atoms with E-state index in [1.54, 1.807) is 6.07 Å². The number of Topliss-reactive ketones (excluding diaryl/α,β-unsaturated/α-hetero) is 1. The van der Waals surface area contributed by atoms with Gasteiger partial charge in [-0.25, -0.2) is 4.98 Å². The van der Waals surface area contributed by atoms with E-state index in [9.17, 15) is 19.7 Å². The number of carbonyl (C=O) groups is 1. The summed E-state index contributed by atoms with van der Waals surface area (Å²) >= 11 is 0. The van der Waals surface area contributed by atoms with Gasteiger partial charge in [0.05, 0.1) is 35.2 Å². The highest BCUT2D eigenvalue weighted by Gasteiger charge is 2.24. The predicted molar refractivity (Wildman–Crippen MR) is 127 cm³/mol. The molecule has 178 valence electrons. The van der Waals surface area contributed by atoms with Gasteiger partial charge in [0.1, 0.15) is 6.61 Å². The van der Waals surface area contributed by atoms with Crippen LogP contribution in [0.4, 0.5) is 5.69 Å². The van der Waals surface area contributed by atoms with E-state index in [1.807, 2.05) is 42.7 Å². The molecule has 5 rings (SSSR count). The molecule has 1 aliphatic rings. The summed E-state index contributed by atoms with van der Waals surface area (Å²) in [5.41, 5.74) is 1.80. The molecule has 0 saturated heterocycles. The summed E-state index contributed by atoms with van der Waals surface area (Å²) in [5, 5.41) is 11.2. The highest BCUT2D eigenvalue weighted by atomic mass is 16.6. The maximum absolute atomic E-state index is 13.1. The van der Waals surface area contributed by atoms with Crippen molar-refractivity contribution in [3.63, 3.8) is 0 Å². The van der Waals surface area contributed by atoms with E-state index in [0.29, 0.717) is 30.2 Å². The second-order valence-corrected chi connectivity index (χ2v) is 8.45. The van der Waals surface area contributed by atoms with Crippen molar-refractivity contribution in [2.24, 2.45) is 0 Å². The number of aryl methyl sites for hydroxylation is 1. The Labute approximate surface area is 199 Å². The Hall–Kier alpha value is -4.47. The van der Waals surface area contributed by atoms with Gasteiger partial charge in [0.15, 0.2) is 23.4 Å². The molecule has 10 heteroatoms. The van der Waals surface area contributed by atoms with Crippen LogP contribution in [-0.2, 0) is 13.1 Å². The van der Waals surface area contributed by atoms with Crippen molar-refractivity contribution >= 4 is 22.4 Å². The number of hydrogen-bond acceptors (Lipinski definition) is 7. The molecule has 10 nitrogen and oxygen atoms in total. The molecular formula is C25H22N4O6. The number of nitro benzene ring substituents is 1. The zero-order valence-electron chi connectivity index (χ0n) is 19.1. The lowest BCUT2D eigenvalue weighted by Gasteiger charge is -2.27. The first-order valence-corrected chi connectivity index (χ1v) is 11.0. The van der Waals surface area contributed by atoms with Crippen LogP contribution in [0.5, 0.6) is 11.5 Å². The lowest BCUT2D eigenvalue weighted by atomic mass is 10.1. The summed E-state index contributed by atoms with van der Waals surface area (Å²) < 4.78 is 15.1. The number of rotatable bonds is 6. The number of nitro groups is 1. The zero-order chi connectivity index (χ0) is 24.7. The average molecular weight is 474 g/mol. The zero-order valence-corrected chi connectivity index (χ0v) is 19.1. The minimum Gasteiger partial charge on any atom is -0.486 e. The molecule has 0 aliphatic carbocycles. The van der Waals surface area contributed by atoms with Crippen LogP contribution >= 0.6 is 0 Å². The molecule has 0 N–H and O–H groups in total. The molecule has 0 spiro atoms. The number of nitrogens with zero attached hydrogens (tertiary/aromatic N) is 4. The molecule has 35 heavy (non-hydrogen) atoms. The highest BCUT2D eigenvalue weighted by molar-refractivity contribution is 5.97. The number of carbonyl (C=O) groups excluding carboxylic acids is 1.